The molecule has 2 rings (SSSR count). The summed E-state index contributed by atoms with van der Waals surface area (Å²) in [7, 11) is -0.347. The molecule has 4 nitrogen and oxygen atoms in total. The van der Waals surface area contributed by atoms with Crippen LogP contribution in [-0.4, -0.2) is 30.6 Å². The van der Waals surface area contributed by atoms with Crippen molar-refractivity contribution >= 4 is 18.4 Å². The summed E-state index contributed by atoms with van der Waals surface area (Å²) in [6.07, 6.45) is 6.60. The first-order chi connectivity index (χ1) is 12.7. The van der Waals surface area contributed by atoms with Crippen molar-refractivity contribution in [3.05, 3.63) is 29.8 Å². The van der Waals surface area contributed by atoms with Gasteiger partial charge in [-0.2, -0.15) is 0 Å². The number of rotatable bonds is 11. The molecule has 0 bridgehead atoms. The van der Waals surface area contributed by atoms with Gasteiger partial charge >= 0.3 is 7.12 Å². The number of ketones is 1. The summed E-state index contributed by atoms with van der Waals surface area (Å²) in [5, 5.41) is 3.27. The lowest BCUT2D eigenvalue weighted by atomic mass is 9.78. The Kier molecular flexibility index (Phi) is 8.08. The van der Waals surface area contributed by atoms with Crippen LogP contribution in [0.4, 0.5) is 0 Å². The molecule has 1 N–H and O–H groups in total. The smallest absolute Gasteiger partial charge is 0.399 e. The SMILES string of the molecule is CCCCCCCC(=O)CNCc1cccc(B2OC(C)(C)C(C)(C)O2)c1. The summed E-state index contributed by atoms with van der Waals surface area (Å²) in [5.41, 5.74) is 1.48. The van der Waals surface area contributed by atoms with E-state index in [1.807, 2.05) is 12.1 Å². The first-order valence-electron chi connectivity index (χ1n) is 10.4. The second-order valence-corrected chi connectivity index (χ2v) is 8.64. The molecule has 1 aliphatic rings. The molecule has 0 saturated carbocycles. The lowest BCUT2D eigenvalue weighted by Crippen LogP contribution is -2.41. The number of unbranched alkanes of at least 4 members (excludes halogenated alkanes) is 4. The largest absolute Gasteiger partial charge is 0.494 e. The van der Waals surface area contributed by atoms with Gasteiger partial charge in [0.05, 0.1) is 17.7 Å². The van der Waals surface area contributed by atoms with Gasteiger partial charge in [-0.15, -0.1) is 0 Å². The lowest BCUT2D eigenvalue weighted by Gasteiger charge is -2.32. The van der Waals surface area contributed by atoms with Gasteiger partial charge in [0, 0.05) is 13.0 Å². The van der Waals surface area contributed by atoms with Crippen molar-refractivity contribution in [3.63, 3.8) is 0 Å². The minimum Gasteiger partial charge on any atom is -0.399 e. The number of nitrogens with one attached hydrogen (secondary N) is 1. The van der Waals surface area contributed by atoms with Crippen LogP contribution in [0.3, 0.4) is 0 Å². The lowest BCUT2D eigenvalue weighted by molar-refractivity contribution is -0.118. The average Bonchev–Trinajstić information content (AvgIpc) is 2.83. The molecule has 27 heavy (non-hydrogen) atoms. The van der Waals surface area contributed by atoms with Crippen molar-refractivity contribution < 1.29 is 14.1 Å². The molecule has 0 spiro atoms. The van der Waals surface area contributed by atoms with Gasteiger partial charge in [0.1, 0.15) is 5.78 Å². The Bertz CT molecular complexity index is 599. The minimum atomic E-state index is -0.347. The van der Waals surface area contributed by atoms with Crippen LogP contribution in [0.5, 0.6) is 0 Å². The first kappa shape index (κ1) is 22.1. The number of Topliss-reactive ketones (excluding diaryl/α,β-unsaturated/α-hetero) is 1. The van der Waals surface area contributed by atoms with Crippen LogP contribution < -0.4 is 10.8 Å². The third-order valence-corrected chi connectivity index (χ3v) is 5.69. The Morgan fingerprint density at radius 3 is 2.37 bits per heavy atom. The second-order valence-electron chi connectivity index (χ2n) is 8.64. The highest BCUT2D eigenvalue weighted by atomic mass is 16.7. The molecule has 150 valence electrons. The van der Waals surface area contributed by atoms with Crippen molar-refractivity contribution in [2.45, 2.75) is 90.9 Å². The van der Waals surface area contributed by atoms with Gasteiger partial charge in [-0.05, 0) is 45.1 Å². The van der Waals surface area contributed by atoms with Crippen molar-refractivity contribution in [2.24, 2.45) is 0 Å². The van der Waals surface area contributed by atoms with Crippen LogP contribution in [0.15, 0.2) is 24.3 Å². The topological polar surface area (TPSA) is 47.6 Å². The van der Waals surface area contributed by atoms with Gasteiger partial charge < -0.3 is 14.6 Å². The quantitative estimate of drug-likeness (QED) is 0.470. The standard InChI is InChI=1S/C22H36BNO3/c1-6-7-8-9-10-14-20(25)17-24-16-18-12-11-13-19(15-18)23-26-21(2,3)22(4,5)27-23/h11-13,15,24H,6-10,14,16-17H2,1-5H3. The van der Waals surface area contributed by atoms with Crippen LogP contribution in [0.2, 0.25) is 0 Å². The zero-order valence-corrected chi connectivity index (χ0v) is 17.8. The number of hydrogen-bond donors (Lipinski definition) is 1. The molecular weight excluding hydrogens is 337 g/mol. The van der Waals surface area contributed by atoms with Crippen molar-refractivity contribution in [2.75, 3.05) is 6.54 Å². The molecule has 5 heteroatoms. The molecule has 1 fully saturated rings. The predicted octanol–water partition coefficient (Wildman–Crippen LogP) is 4.01. The Labute approximate surface area is 165 Å². The van der Waals surface area contributed by atoms with E-state index in [2.05, 4.69) is 52.1 Å². The highest BCUT2D eigenvalue weighted by molar-refractivity contribution is 6.62. The van der Waals surface area contributed by atoms with Gasteiger partial charge in [0.2, 0.25) is 0 Å². The first-order valence-corrected chi connectivity index (χ1v) is 10.4. The van der Waals surface area contributed by atoms with E-state index >= 15 is 0 Å². The summed E-state index contributed by atoms with van der Waals surface area (Å²) >= 11 is 0. The van der Waals surface area contributed by atoms with Crippen LogP contribution in [0.1, 0.15) is 78.7 Å². The molecule has 1 aromatic carbocycles. The normalized spacial score (nSPS) is 18.0. The van der Waals surface area contributed by atoms with Gasteiger partial charge in [0.25, 0.3) is 0 Å². The van der Waals surface area contributed by atoms with Gasteiger partial charge in [-0.1, -0.05) is 56.9 Å². The van der Waals surface area contributed by atoms with E-state index in [0.717, 1.165) is 23.9 Å². The molecular formula is C22H36BNO3. The summed E-state index contributed by atoms with van der Waals surface area (Å²) < 4.78 is 12.2. The second kappa shape index (κ2) is 9.86. The number of benzene rings is 1. The van der Waals surface area contributed by atoms with E-state index in [1.54, 1.807) is 0 Å². The summed E-state index contributed by atoms with van der Waals surface area (Å²) in [6, 6.07) is 8.22. The van der Waals surface area contributed by atoms with Gasteiger partial charge in [0.15, 0.2) is 0 Å². The minimum absolute atomic E-state index is 0.300. The molecule has 0 radical (unpaired) electrons. The van der Waals surface area contributed by atoms with Crippen molar-refractivity contribution in [1.29, 1.82) is 0 Å². The molecule has 0 aliphatic carbocycles. The Morgan fingerprint density at radius 2 is 1.70 bits per heavy atom. The average molecular weight is 373 g/mol. The Balaban J connectivity index is 1.77. The number of carbonyl (C=O) groups is 1. The van der Waals surface area contributed by atoms with E-state index in [0.29, 0.717) is 25.3 Å². The van der Waals surface area contributed by atoms with Crippen LogP contribution in [0, 0.1) is 0 Å². The maximum atomic E-state index is 12.0. The highest BCUT2D eigenvalue weighted by Crippen LogP contribution is 2.36. The van der Waals surface area contributed by atoms with Crippen molar-refractivity contribution in [3.8, 4) is 0 Å². The van der Waals surface area contributed by atoms with Crippen LogP contribution in [-0.2, 0) is 20.6 Å². The van der Waals surface area contributed by atoms with E-state index in [4.69, 9.17) is 9.31 Å². The van der Waals surface area contributed by atoms with Crippen LogP contribution >= 0.6 is 0 Å². The molecule has 0 unspecified atom stereocenters. The molecule has 1 saturated heterocycles. The van der Waals surface area contributed by atoms with E-state index < -0.39 is 0 Å². The third kappa shape index (κ3) is 6.44. The fourth-order valence-electron chi connectivity index (χ4n) is 3.19. The van der Waals surface area contributed by atoms with Crippen LogP contribution in [0.25, 0.3) is 0 Å². The van der Waals surface area contributed by atoms with Crippen molar-refractivity contribution in [1.82, 2.24) is 5.32 Å². The van der Waals surface area contributed by atoms with Gasteiger partial charge in [-0.25, -0.2) is 0 Å². The maximum absolute atomic E-state index is 12.0. The Hall–Kier alpha value is -1.17. The summed E-state index contributed by atoms with van der Waals surface area (Å²) in [4.78, 5) is 12.0. The zero-order valence-electron chi connectivity index (χ0n) is 17.8. The number of carbonyl (C=O) groups excluding carboxylic acids is 1. The third-order valence-electron chi connectivity index (χ3n) is 5.69. The summed E-state index contributed by atoms with van der Waals surface area (Å²) in [6.45, 7) is 11.6. The zero-order chi connectivity index (χ0) is 19.9. The maximum Gasteiger partial charge on any atom is 0.494 e. The van der Waals surface area contributed by atoms with E-state index in [-0.39, 0.29) is 18.3 Å². The van der Waals surface area contributed by atoms with E-state index in [1.165, 1.54) is 19.3 Å². The molecule has 1 heterocycles. The molecule has 1 aliphatic heterocycles. The molecule has 0 atom stereocenters. The predicted molar refractivity (Wildman–Crippen MR) is 112 cm³/mol. The summed E-state index contributed by atoms with van der Waals surface area (Å²) in [5.74, 6) is 0.300. The molecule has 0 amide bonds. The number of hydrogen-bond acceptors (Lipinski definition) is 4. The monoisotopic (exact) mass is 373 g/mol. The molecule has 1 aromatic rings. The highest BCUT2D eigenvalue weighted by Gasteiger charge is 2.51. The Morgan fingerprint density at radius 1 is 1.04 bits per heavy atom. The molecule has 0 aromatic heterocycles. The fraction of sp³-hybridized carbons (Fsp3) is 0.682. The van der Waals surface area contributed by atoms with Gasteiger partial charge in [-0.3, -0.25) is 4.79 Å². The van der Waals surface area contributed by atoms with E-state index in [9.17, 15) is 4.79 Å². The fourth-order valence-corrected chi connectivity index (χ4v) is 3.19.